The number of morpholine rings is 1. The van der Waals surface area contributed by atoms with Gasteiger partial charge in [0, 0.05) is 25.2 Å². The number of thiazole rings is 1. The SMILES string of the molecule is C[C@@H]1CN([C@@H](C)C(=O)Nc2ccc(Cc3nc4ccccc4s3)cc2)C[C@H](C)O1. The summed E-state index contributed by atoms with van der Waals surface area (Å²) in [6.07, 6.45) is 1.10. The number of carbonyl (C=O) groups is 1. The summed E-state index contributed by atoms with van der Waals surface area (Å²) >= 11 is 1.73. The van der Waals surface area contributed by atoms with Crippen molar-refractivity contribution in [2.75, 3.05) is 18.4 Å². The molecule has 1 N–H and O–H groups in total. The fourth-order valence-corrected chi connectivity index (χ4v) is 4.82. The van der Waals surface area contributed by atoms with Crippen molar-refractivity contribution in [2.45, 2.75) is 45.4 Å². The Labute approximate surface area is 175 Å². The zero-order valence-corrected chi connectivity index (χ0v) is 17.9. The molecule has 4 rings (SSSR count). The first kappa shape index (κ1) is 20.0. The van der Waals surface area contributed by atoms with Crippen LogP contribution < -0.4 is 5.32 Å². The Balaban J connectivity index is 1.36. The Kier molecular flexibility index (Phi) is 5.94. The highest BCUT2D eigenvalue weighted by Crippen LogP contribution is 2.24. The van der Waals surface area contributed by atoms with E-state index in [-0.39, 0.29) is 24.2 Å². The van der Waals surface area contributed by atoms with Gasteiger partial charge in [-0.15, -0.1) is 11.3 Å². The highest BCUT2D eigenvalue weighted by molar-refractivity contribution is 7.18. The van der Waals surface area contributed by atoms with Gasteiger partial charge in [0.25, 0.3) is 0 Å². The van der Waals surface area contributed by atoms with Gasteiger partial charge in [-0.1, -0.05) is 24.3 Å². The normalized spacial score (nSPS) is 21.2. The number of benzene rings is 2. The highest BCUT2D eigenvalue weighted by atomic mass is 32.1. The van der Waals surface area contributed by atoms with Crippen LogP contribution in [0, 0.1) is 0 Å². The number of rotatable bonds is 5. The molecule has 0 bridgehead atoms. The molecule has 29 heavy (non-hydrogen) atoms. The van der Waals surface area contributed by atoms with Gasteiger partial charge in [0.15, 0.2) is 0 Å². The third-order valence-electron chi connectivity index (χ3n) is 5.29. The van der Waals surface area contributed by atoms with E-state index in [0.717, 1.165) is 35.7 Å². The molecule has 1 aliphatic heterocycles. The third kappa shape index (κ3) is 4.83. The van der Waals surface area contributed by atoms with E-state index in [2.05, 4.69) is 42.3 Å². The largest absolute Gasteiger partial charge is 0.373 e. The maximum Gasteiger partial charge on any atom is 0.241 e. The fraction of sp³-hybridized carbons (Fsp3) is 0.391. The van der Waals surface area contributed by atoms with E-state index in [1.807, 2.05) is 37.3 Å². The molecule has 2 heterocycles. The van der Waals surface area contributed by atoms with Crippen LogP contribution in [0.15, 0.2) is 48.5 Å². The van der Waals surface area contributed by atoms with Gasteiger partial charge < -0.3 is 10.1 Å². The molecule has 5 nitrogen and oxygen atoms in total. The summed E-state index contributed by atoms with van der Waals surface area (Å²) in [7, 11) is 0. The quantitative estimate of drug-likeness (QED) is 0.682. The van der Waals surface area contributed by atoms with Crippen molar-refractivity contribution >= 4 is 33.1 Å². The summed E-state index contributed by atoms with van der Waals surface area (Å²) < 4.78 is 6.98. The van der Waals surface area contributed by atoms with Crippen LogP contribution in [-0.4, -0.2) is 47.1 Å². The topological polar surface area (TPSA) is 54.5 Å². The van der Waals surface area contributed by atoms with Crippen molar-refractivity contribution < 1.29 is 9.53 Å². The number of ether oxygens (including phenoxy) is 1. The molecule has 3 atom stereocenters. The van der Waals surface area contributed by atoms with Crippen molar-refractivity contribution in [1.82, 2.24) is 9.88 Å². The van der Waals surface area contributed by atoms with Gasteiger partial charge >= 0.3 is 0 Å². The molecule has 1 saturated heterocycles. The van der Waals surface area contributed by atoms with Crippen LogP contribution in [0.5, 0.6) is 0 Å². The zero-order chi connectivity index (χ0) is 20.4. The molecule has 152 valence electrons. The van der Waals surface area contributed by atoms with Crippen molar-refractivity contribution in [3.63, 3.8) is 0 Å². The van der Waals surface area contributed by atoms with E-state index in [1.54, 1.807) is 11.3 Å². The second-order valence-electron chi connectivity index (χ2n) is 7.83. The van der Waals surface area contributed by atoms with E-state index in [4.69, 9.17) is 9.72 Å². The summed E-state index contributed by atoms with van der Waals surface area (Å²) in [5, 5.41) is 4.15. The molecule has 1 fully saturated rings. The average molecular weight is 410 g/mol. The lowest BCUT2D eigenvalue weighted by atomic mass is 10.1. The van der Waals surface area contributed by atoms with Crippen molar-refractivity contribution in [3.05, 3.63) is 59.1 Å². The van der Waals surface area contributed by atoms with Gasteiger partial charge in [-0.3, -0.25) is 9.69 Å². The Morgan fingerprint density at radius 1 is 1.17 bits per heavy atom. The Morgan fingerprint density at radius 2 is 1.86 bits per heavy atom. The minimum atomic E-state index is -0.189. The number of nitrogens with zero attached hydrogens (tertiary/aromatic N) is 2. The van der Waals surface area contributed by atoms with E-state index in [0.29, 0.717) is 0 Å². The molecule has 3 aromatic rings. The number of anilines is 1. The van der Waals surface area contributed by atoms with E-state index < -0.39 is 0 Å². The lowest BCUT2D eigenvalue weighted by Gasteiger charge is -2.38. The monoisotopic (exact) mass is 409 g/mol. The molecule has 0 unspecified atom stereocenters. The molecule has 0 saturated carbocycles. The van der Waals surface area contributed by atoms with Gasteiger partial charge in [-0.25, -0.2) is 4.98 Å². The summed E-state index contributed by atoms with van der Waals surface area (Å²) in [6, 6.07) is 16.1. The number of hydrogen-bond donors (Lipinski definition) is 1. The van der Waals surface area contributed by atoms with Gasteiger partial charge in [0.2, 0.25) is 5.91 Å². The van der Waals surface area contributed by atoms with Crippen LogP contribution in [0.4, 0.5) is 5.69 Å². The molecule has 2 aromatic carbocycles. The summed E-state index contributed by atoms with van der Waals surface area (Å²) in [5.74, 6) is 0.0187. The molecule has 1 aromatic heterocycles. The first-order valence-corrected chi connectivity index (χ1v) is 10.9. The standard InChI is InChI=1S/C23H27N3O2S/c1-15-13-26(14-16(2)28-15)17(3)23(27)24-19-10-8-18(9-11-19)12-22-25-20-6-4-5-7-21(20)29-22/h4-11,15-17H,12-14H2,1-3H3,(H,24,27)/t15-,16+,17-/m0/s1. The molecule has 0 aliphatic carbocycles. The maximum absolute atomic E-state index is 12.7. The molecular formula is C23H27N3O2S. The fourth-order valence-electron chi connectivity index (χ4n) is 3.82. The van der Waals surface area contributed by atoms with Gasteiger partial charge in [0.05, 0.1) is 33.5 Å². The molecule has 0 radical (unpaired) electrons. The lowest BCUT2D eigenvalue weighted by molar-refractivity contribution is -0.126. The Hall–Kier alpha value is -2.28. The second-order valence-corrected chi connectivity index (χ2v) is 8.94. The first-order valence-electron chi connectivity index (χ1n) is 10.1. The Bertz CT molecular complexity index is 942. The molecule has 1 amide bonds. The predicted octanol–water partition coefficient (Wildman–Crippen LogP) is 4.32. The number of carbonyl (C=O) groups excluding carboxylic acids is 1. The minimum Gasteiger partial charge on any atom is -0.373 e. The third-order valence-corrected chi connectivity index (χ3v) is 6.33. The zero-order valence-electron chi connectivity index (χ0n) is 17.1. The predicted molar refractivity (Wildman–Crippen MR) is 119 cm³/mol. The van der Waals surface area contributed by atoms with Crippen LogP contribution in [0.3, 0.4) is 0 Å². The van der Waals surface area contributed by atoms with Crippen LogP contribution in [0.25, 0.3) is 10.2 Å². The van der Waals surface area contributed by atoms with Crippen LogP contribution in [0.2, 0.25) is 0 Å². The van der Waals surface area contributed by atoms with Gasteiger partial charge in [-0.2, -0.15) is 0 Å². The van der Waals surface area contributed by atoms with Gasteiger partial charge in [-0.05, 0) is 50.6 Å². The molecular weight excluding hydrogens is 382 g/mol. The number of para-hydroxylation sites is 1. The molecule has 6 heteroatoms. The smallest absolute Gasteiger partial charge is 0.241 e. The van der Waals surface area contributed by atoms with Crippen LogP contribution >= 0.6 is 11.3 Å². The number of nitrogens with one attached hydrogen (secondary N) is 1. The van der Waals surface area contributed by atoms with Crippen molar-refractivity contribution in [1.29, 1.82) is 0 Å². The van der Waals surface area contributed by atoms with Crippen LogP contribution in [-0.2, 0) is 16.0 Å². The number of aromatic nitrogens is 1. The summed E-state index contributed by atoms with van der Waals surface area (Å²) in [5.41, 5.74) is 3.06. The number of fused-ring (bicyclic) bond motifs is 1. The average Bonchev–Trinajstić information content (AvgIpc) is 3.10. The van der Waals surface area contributed by atoms with E-state index >= 15 is 0 Å². The highest BCUT2D eigenvalue weighted by Gasteiger charge is 2.29. The molecule has 1 aliphatic rings. The number of hydrogen-bond acceptors (Lipinski definition) is 5. The molecule has 0 spiro atoms. The first-order chi connectivity index (χ1) is 14.0. The van der Waals surface area contributed by atoms with E-state index in [9.17, 15) is 4.79 Å². The number of amides is 1. The van der Waals surface area contributed by atoms with Crippen molar-refractivity contribution in [3.8, 4) is 0 Å². The summed E-state index contributed by atoms with van der Waals surface area (Å²) in [6.45, 7) is 7.62. The van der Waals surface area contributed by atoms with Crippen molar-refractivity contribution in [2.24, 2.45) is 0 Å². The van der Waals surface area contributed by atoms with E-state index in [1.165, 1.54) is 10.3 Å². The minimum absolute atomic E-state index is 0.0187. The summed E-state index contributed by atoms with van der Waals surface area (Å²) in [4.78, 5) is 19.6. The maximum atomic E-state index is 12.7. The van der Waals surface area contributed by atoms with Gasteiger partial charge in [0.1, 0.15) is 0 Å². The Morgan fingerprint density at radius 3 is 2.55 bits per heavy atom. The second kappa shape index (κ2) is 8.61. The van der Waals surface area contributed by atoms with Crippen LogP contribution in [0.1, 0.15) is 31.3 Å². The lowest BCUT2D eigenvalue weighted by Crippen LogP contribution is -2.52.